The molecular weight excluding hydrogens is 549 g/mol. The monoisotopic (exact) mass is 586 g/mol. The van der Waals surface area contributed by atoms with E-state index in [0.29, 0.717) is 24.1 Å². The van der Waals surface area contributed by atoms with Crippen LogP contribution in [0.2, 0.25) is 0 Å². The number of carbonyl (C=O) groups excluding carboxylic acids is 2. The van der Waals surface area contributed by atoms with Gasteiger partial charge in [-0.25, -0.2) is 13.6 Å². The molecule has 0 aliphatic carbocycles. The number of halogens is 2. The number of amides is 2. The van der Waals surface area contributed by atoms with Crippen molar-refractivity contribution >= 4 is 30.1 Å². The molecule has 10 nitrogen and oxygen atoms in total. The Balaban J connectivity index is 1.37. The number of nitrogens with one attached hydrogen (secondary N) is 1. The van der Waals surface area contributed by atoms with E-state index in [1.807, 2.05) is 29.2 Å². The van der Waals surface area contributed by atoms with Crippen molar-refractivity contribution in [3.05, 3.63) is 47.7 Å². The molecule has 42 heavy (non-hydrogen) atoms. The van der Waals surface area contributed by atoms with E-state index in [-0.39, 0.29) is 44.5 Å². The number of piperidine rings is 2. The fraction of sp³-hybridized carbons (Fsp3) is 0.552. The molecule has 4 rings (SSSR count). The SMILES string of the molecule is CC(C)(C=C(C#N)C(=O)N1CCCCC1COC(=O)N[C@@H](Cc1coc2ccccc12)B(O)O)N1CCC(F)(F)CC1. The van der Waals surface area contributed by atoms with Crippen LogP contribution >= 0.6 is 0 Å². The maximum absolute atomic E-state index is 13.7. The van der Waals surface area contributed by atoms with Gasteiger partial charge < -0.3 is 29.4 Å². The molecule has 2 fully saturated rings. The molecule has 1 aromatic heterocycles. The molecule has 2 aliphatic heterocycles. The highest BCUT2D eigenvalue weighted by Gasteiger charge is 2.39. The van der Waals surface area contributed by atoms with E-state index >= 15 is 0 Å². The minimum Gasteiger partial charge on any atom is -0.464 e. The second-order valence-corrected chi connectivity index (χ2v) is 11.5. The van der Waals surface area contributed by atoms with Gasteiger partial charge in [-0.05, 0) is 57.2 Å². The molecule has 0 bridgehead atoms. The highest BCUT2D eigenvalue weighted by molar-refractivity contribution is 6.43. The molecule has 13 heteroatoms. The largest absolute Gasteiger partial charge is 0.475 e. The minimum atomic E-state index is -2.71. The lowest BCUT2D eigenvalue weighted by molar-refractivity contribution is -0.131. The number of para-hydroxylation sites is 1. The molecule has 3 N–H and O–H groups in total. The Morgan fingerprint density at radius 2 is 1.98 bits per heavy atom. The number of furan rings is 1. The number of carbonyl (C=O) groups is 2. The van der Waals surface area contributed by atoms with Crippen LogP contribution in [0, 0.1) is 11.3 Å². The van der Waals surface area contributed by atoms with Crippen LogP contribution in [-0.2, 0) is 16.0 Å². The van der Waals surface area contributed by atoms with Gasteiger partial charge in [-0.15, -0.1) is 0 Å². The van der Waals surface area contributed by atoms with E-state index in [9.17, 15) is 33.7 Å². The number of nitrogens with zero attached hydrogens (tertiary/aromatic N) is 3. The van der Waals surface area contributed by atoms with Crippen molar-refractivity contribution in [3.63, 3.8) is 0 Å². The van der Waals surface area contributed by atoms with Gasteiger partial charge in [0.05, 0.1) is 18.2 Å². The van der Waals surface area contributed by atoms with Crippen LogP contribution in [0.1, 0.15) is 51.5 Å². The first kappa shape index (κ1) is 31.5. The van der Waals surface area contributed by atoms with Crippen molar-refractivity contribution in [1.82, 2.24) is 15.1 Å². The summed E-state index contributed by atoms with van der Waals surface area (Å²) in [5, 5.41) is 32.9. The van der Waals surface area contributed by atoms with Crippen molar-refractivity contribution in [3.8, 4) is 6.07 Å². The summed E-state index contributed by atoms with van der Waals surface area (Å²) in [5.74, 6) is -4.29. The molecular formula is C29H37BF2N4O6. The number of alkyl carbamates (subject to hydrolysis) is 1. The Hall–Kier alpha value is -3.47. The molecule has 0 radical (unpaired) electrons. The molecule has 3 heterocycles. The van der Waals surface area contributed by atoms with Crippen LogP contribution in [0.15, 0.2) is 46.6 Å². The van der Waals surface area contributed by atoms with Crippen LogP contribution < -0.4 is 5.32 Å². The van der Waals surface area contributed by atoms with Gasteiger partial charge in [0.1, 0.15) is 23.8 Å². The molecule has 2 saturated heterocycles. The summed E-state index contributed by atoms with van der Waals surface area (Å²) in [4.78, 5) is 29.5. The van der Waals surface area contributed by atoms with Crippen LogP contribution in [0.5, 0.6) is 0 Å². The predicted molar refractivity (Wildman–Crippen MR) is 151 cm³/mol. The summed E-state index contributed by atoms with van der Waals surface area (Å²) in [6.07, 6.45) is 3.75. The first-order valence-corrected chi connectivity index (χ1v) is 14.2. The highest BCUT2D eigenvalue weighted by Crippen LogP contribution is 2.32. The summed E-state index contributed by atoms with van der Waals surface area (Å²) in [6, 6.07) is 8.75. The smallest absolute Gasteiger partial charge is 0.464 e. The van der Waals surface area contributed by atoms with Gasteiger partial charge in [0.15, 0.2) is 0 Å². The number of hydrogen-bond donors (Lipinski definition) is 3. The highest BCUT2D eigenvalue weighted by atomic mass is 19.3. The van der Waals surface area contributed by atoms with Gasteiger partial charge in [-0.1, -0.05) is 18.2 Å². The number of alkyl halides is 2. The van der Waals surface area contributed by atoms with Crippen LogP contribution in [0.3, 0.4) is 0 Å². The second kappa shape index (κ2) is 13.2. The number of rotatable bonds is 9. The van der Waals surface area contributed by atoms with E-state index in [1.165, 1.54) is 17.2 Å². The summed E-state index contributed by atoms with van der Waals surface area (Å²) < 4.78 is 38.2. The average Bonchev–Trinajstić information content (AvgIpc) is 3.36. The molecule has 1 unspecified atom stereocenters. The Morgan fingerprint density at radius 3 is 2.67 bits per heavy atom. The summed E-state index contributed by atoms with van der Waals surface area (Å²) in [5.41, 5.74) is 0.434. The van der Waals surface area contributed by atoms with Crippen LogP contribution in [0.4, 0.5) is 13.6 Å². The number of fused-ring (bicyclic) bond motifs is 1. The molecule has 1 aromatic carbocycles. The molecule has 2 atom stereocenters. The van der Waals surface area contributed by atoms with Crippen molar-refractivity contribution < 1.29 is 37.6 Å². The Morgan fingerprint density at radius 1 is 1.26 bits per heavy atom. The van der Waals surface area contributed by atoms with Gasteiger partial charge in [-0.3, -0.25) is 9.69 Å². The molecule has 0 saturated carbocycles. The normalized spacial score (nSPS) is 20.5. The number of hydrogen-bond acceptors (Lipinski definition) is 8. The third-order valence-corrected chi connectivity index (χ3v) is 8.12. The fourth-order valence-corrected chi connectivity index (χ4v) is 5.62. The van der Waals surface area contributed by atoms with Crippen molar-refractivity contribution in [2.24, 2.45) is 0 Å². The van der Waals surface area contributed by atoms with E-state index < -0.39 is 42.6 Å². The zero-order valence-corrected chi connectivity index (χ0v) is 23.9. The number of likely N-dealkylation sites (tertiary alicyclic amines) is 2. The van der Waals surface area contributed by atoms with Crippen LogP contribution in [0.25, 0.3) is 11.0 Å². The average molecular weight is 586 g/mol. The fourth-order valence-electron chi connectivity index (χ4n) is 5.62. The van der Waals surface area contributed by atoms with E-state index in [2.05, 4.69) is 5.32 Å². The lowest BCUT2D eigenvalue weighted by Crippen LogP contribution is -2.51. The van der Waals surface area contributed by atoms with Gasteiger partial charge in [0.2, 0.25) is 0 Å². The Kier molecular flexibility index (Phi) is 9.91. The Bertz CT molecular complexity index is 1330. The zero-order valence-electron chi connectivity index (χ0n) is 23.9. The van der Waals surface area contributed by atoms with Crippen molar-refractivity contribution in [2.45, 2.75) is 75.8 Å². The molecule has 2 amide bonds. The first-order chi connectivity index (χ1) is 19.9. The molecule has 2 aliphatic rings. The summed E-state index contributed by atoms with van der Waals surface area (Å²) in [7, 11) is -1.86. The van der Waals surface area contributed by atoms with E-state index in [1.54, 1.807) is 19.9 Å². The number of ether oxygens (including phenoxy) is 1. The third-order valence-electron chi connectivity index (χ3n) is 8.12. The maximum atomic E-state index is 13.7. The lowest BCUT2D eigenvalue weighted by atomic mass is 9.76. The number of benzene rings is 1. The lowest BCUT2D eigenvalue weighted by Gasteiger charge is -2.41. The quantitative estimate of drug-likeness (QED) is 0.231. The van der Waals surface area contributed by atoms with E-state index in [0.717, 1.165) is 18.2 Å². The van der Waals surface area contributed by atoms with Crippen molar-refractivity contribution in [2.75, 3.05) is 26.2 Å². The third kappa shape index (κ3) is 7.67. The van der Waals surface area contributed by atoms with Gasteiger partial charge in [0.25, 0.3) is 11.8 Å². The van der Waals surface area contributed by atoms with Crippen molar-refractivity contribution in [1.29, 1.82) is 5.26 Å². The maximum Gasteiger partial charge on any atom is 0.475 e. The van der Waals surface area contributed by atoms with E-state index in [4.69, 9.17) is 9.15 Å². The molecule has 2 aromatic rings. The van der Waals surface area contributed by atoms with Crippen LogP contribution in [-0.4, -0.2) is 88.7 Å². The Labute approximate surface area is 244 Å². The molecule has 226 valence electrons. The second-order valence-electron chi connectivity index (χ2n) is 11.5. The van der Waals surface area contributed by atoms with Gasteiger partial charge in [-0.2, -0.15) is 5.26 Å². The van der Waals surface area contributed by atoms with Gasteiger partial charge in [0, 0.05) is 43.4 Å². The molecule has 0 spiro atoms. The minimum absolute atomic E-state index is 0.0819. The van der Waals surface area contributed by atoms with Gasteiger partial charge >= 0.3 is 13.2 Å². The standard InChI is InChI=1S/C29H37BF2N4O6/c1-28(2,35-13-10-29(31,32)11-14-35)16-21(17-33)26(37)36-12-6-5-7-22(36)19-42-27(38)34-25(30(39)40)15-20-18-41-24-9-4-3-8-23(20)24/h3-4,8-9,16,18,22,25,39-40H,5-7,10-15,19H2,1-2H3,(H,34,38)/t22?,25-/m0/s1. The topological polar surface area (TPSA) is 139 Å². The number of nitriles is 1. The summed E-state index contributed by atoms with van der Waals surface area (Å²) >= 11 is 0. The predicted octanol–water partition coefficient (Wildman–Crippen LogP) is 3.42. The zero-order chi connectivity index (χ0) is 30.5. The first-order valence-electron chi connectivity index (χ1n) is 14.2. The summed E-state index contributed by atoms with van der Waals surface area (Å²) in [6.45, 7) is 4.11.